The maximum Gasteiger partial charge on any atom is 0.410 e. The van der Waals surface area contributed by atoms with Crippen LogP contribution in [-0.4, -0.2) is 40.6 Å². The van der Waals surface area contributed by atoms with Gasteiger partial charge < -0.3 is 15.0 Å². The quantitative estimate of drug-likeness (QED) is 0.841. The van der Waals surface area contributed by atoms with Crippen LogP contribution < -0.4 is 5.32 Å². The molecule has 0 bridgehead atoms. The smallest absolute Gasteiger partial charge is 0.410 e. The molecule has 1 fully saturated rings. The molecule has 0 radical (unpaired) electrons. The second-order valence-electron chi connectivity index (χ2n) is 7.05. The van der Waals surface area contributed by atoms with Crippen molar-refractivity contribution in [3.8, 4) is 0 Å². The number of piperidine rings is 1. The standard InChI is InChI=1S/C17H24BrN3O3/c1-17(2,3)24-16(23)21-6-4-12(5-7-21)8-15(22)20-14-9-13(18)10-19-11-14/h9-12H,4-8H2,1-3H3,(H,20,22). The maximum absolute atomic E-state index is 12.1. The summed E-state index contributed by atoms with van der Waals surface area (Å²) in [7, 11) is 0. The number of amides is 2. The molecule has 0 aromatic carbocycles. The number of anilines is 1. The minimum atomic E-state index is -0.480. The first kappa shape index (κ1) is 18.7. The highest BCUT2D eigenvalue weighted by atomic mass is 79.9. The van der Waals surface area contributed by atoms with Gasteiger partial charge in [0, 0.05) is 30.2 Å². The van der Waals surface area contributed by atoms with Crippen LogP contribution in [0, 0.1) is 5.92 Å². The van der Waals surface area contributed by atoms with E-state index in [1.54, 1.807) is 17.3 Å². The Morgan fingerprint density at radius 3 is 2.58 bits per heavy atom. The first-order chi connectivity index (χ1) is 11.2. The summed E-state index contributed by atoms with van der Waals surface area (Å²) >= 11 is 3.33. The van der Waals surface area contributed by atoms with Crippen molar-refractivity contribution in [1.82, 2.24) is 9.88 Å². The number of hydrogen-bond donors (Lipinski definition) is 1. The predicted octanol–water partition coefficient (Wildman–Crippen LogP) is 3.82. The molecule has 6 nitrogen and oxygen atoms in total. The van der Waals surface area contributed by atoms with E-state index in [0.717, 1.165) is 17.3 Å². The Labute approximate surface area is 151 Å². The fourth-order valence-electron chi connectivity index (χ4n) is 2.60. The van der Waals surface area contributed by atoms with Gasteiger partial charge in [0.1, 0.15) is 5.60 Å². The fourth-order valence-corrected chi connectivity index (χ4v) is 2.97. The van der Waals surface area contributed by atoms with E-state index in [2.05, 4.69) is 26.2 Å². The lowest BCUT2D eigenvalue weighted by Gasteiger charge is -2.33. The normalized spacial score (nSPS) is 15.9. The molecule has 2 heterocycles. The molecule has 0 unspecified atom stereocenters. The van der Waals surface area contributed by atoms with E-state index in [0.29, 0.717) is 25.2 Å². The molecule has 2 rings (SSSR count). The Morgan fingerprint density at radius 1 is 1.33 bits per heavy atom. The summed E-state index contributed by atoms with van der Waals surface area (Å²) < 4.78 is 6.21. The Kier molecular flexibility index (Phi) is 6.21. The lowest BCUT2D eigenvalue weighted by atomic mass is 9.93. The van der Waals surface area contributed by atoms with E-state index in [-0.39, 0.29) is 17.9 Å². The van der Waals surface area contributed by atoms with E-state index in [1.807, 2.05) is 26.8 Å². The number of nitrogens with one attached hydrogen (secondary N) is 1. The number of pyridine rings is 1. The van der Waals surface area contributed by atoms with Crippen LogP contribution in [0.2, 0.25) is 0 Å². The van der Waals surface area contributed by atoms with Crippen molar-refractivity contribution < 1.29 is 14.3 Å². The van der Waals surface area contributed by atoms with Crippen molar-refractivity contribution in [2.75, 3.05) is 18.4 Å². The highest BCUT2D eigenvalue weighted by molar-refractivity contribution is 9.10. The molecule has 0 aliphatic carbocycles. The molecule has 1 aromatic heterocycles. The number of nitrogens with zero attached hydrogens (tertiary/aromatic N) is 2. The Hall–Kier alpha value is -1.63. The average molecular weight is 398 g/mol. The molecule has 2 amide bonds. The van der Waals surface area contributed by atoms with E-state index in [9.17, 15) is 9.59 Å². The lowest BCUT2D eigenvalue weighted by Crippen LogP contribution is -2.42. The van der Waals surface area contributed by atoms with Crippen LogP contribution in [0.4, 0.5) is 10.5 Å². The zero-order valence-corrected chi connectivity index (χ0v) is 15.9. The van der Waals surface area contributed by atoms with Crippen LogP contribution in [0.25, 0.3) is 0 Å². The maximum atomic E-state index is 12.1. The third-order valence-electron chi connectivity index (χ3n) is 3.73. The Bertz CT molecular complexity index is 593. The van der Waals surface area contributed by atoms with Gasteiger partial charge in [-0.15, -0.1) is 0 Å². The van der Waals surface area contributed by atoms with Crippen molar-refractivity contribution in [3.05, 3.63) is 22.9 Å². The highest BCUT2D eigenvalue weighted by Gasteiger charge is 2.27. The Balaban J connectivity index is 1.76. The predicted molar refractivity (Wildman–Crippen MR) is 95.7 cm³/mol. The SMILES string of the molecule is CC(C)(C)OC(=O)N1CCC(CC(=O)Nc2cncc(Br)c2)CC1. The highest BCUT2D eigenvalue weighted by Crippen LogP contribution is 2.23. The van der Waals surface area contributed by atoms with Gasteiger partial charge in [-0.2, -0.15) is 0 Å². The number of carbonyl (C=O) groups is 2. The van der Waals surface area contributed by atoms with Crippen molar-refractivity contribution in [1.29, 1.82) is 0 Å². The number of hydrogen-bond acceptors (Lipinski definition) is 4. The summed E-state index contributed by atoms with van der Waals surface area (Å²) in [6.45, 7) is 6.84. The second-order valence-corrected chi connectivity index (χ2v) is 7.97. The topological polar surface area (TPSA) is 71.5 Å². The molecule has 132 valence electrons. The molecule has 0 atom stereocenters. The summed E-state index contributed by atoms with van der Waals surface area (Å²) in [5.74, 6) is 0.259. The molecule has 1 aliphatic rings. The molecule has 0 saturated carbocycles. The average Bonchev–Trinajstić information content (AvgIpc) is 2.46. The number of halogens is 1. The first-order valence-corrected chi connectivity index (χ1v) is 8.90. The van der Waals surface area contributed by atoms with Gasteiger partial charge in [0.2, 0.25) is 5.91 Å². The summed E-state index contributed by atoms with van der Waals surface area (Å²) in [5.41, 5.74) is 0.201. The Morgan fingerprint density at radius 2 is 2.00 bits per heavy atom. The van der Waals surface area contributed by atoms with Gasteiger partial charge in [-0.1, -0.05) is 0 Å². The van der Waals surface area contributed by atoms with Gasteiger partial charge >= 0.3 is 6.09 Å². The molecule has 1 saturated heterocycles. The summed E-state index contributed by atoms with van der Waals surface area (Å²) in [6.07, 6.45) is 5.09. The van der Waals surface area contributed by atoms with Crippen LogP contribution in [0.1, 0.15) is 40.0 Å². The van der Waals surface area contributed by atoms with Gasteiger partial charge in [0.25, 0.3) is 0 Å². The van der Waals surface area contributed by atoms with Crippen molar-refractivity contribution in [2.24, 2.45) is 5.92 Å². The van der Waals surface area contributed by atoms with Gasteiger partial charge in [-0.25, -0.2) is 4.79 Å². The summed E-state index contributed by atoms with van der Waals surface area (Å²) in [5, 5.41) is 2.86. The minimum Gasteiger partial charge on any atom is -0.444 e. The third-order valence-corrected chi connectivity index (χ3v) is 4.16. The van der Waals surface area contributed by atoms with Crippen LogP contribution in [0.5, 0.6) is 0 Å². The van der Waals surface area contributed by atoms with Crippen LogP contribution in [0.3, 0.4) is 0 Å². The lowest BCUT2D eigenvalue weighted by molar-refractivity contribution is -0.117. The molecule has 1 aliphatic heterocycles. The largest absolute Gasteiger partial charge is 0.444 e. The van der Waals surface area contributed by atoms with Gasteiger partial charge in [0.05, 0.1) is 11.9 Å². The molecule has 1 N–H and O–H groups in total. The number of ether oxygens (including phenoxy) is 1. The van der Waals surface area contributed by atoms with Crippen LogP contribution >= 0.6 is 15.9 Å². The number of carbonyl (C=O) groups excluding carboxylic acids is 2. The molecular formula is C17H24BrN3O3. The van der Waals surface area contributed by atoms with Crippen LogP contribution in [-0.2, 0) is 9.53 Å². The zero-order chi connectivity index (χ0) is 17.7. The van der Waals surface area contributed by atoms with Crippen molar-refractivity contribution in [2.45, 2.75) is 45.6 Å². The molecule has 1 aromatic rings. The van der Waals surface area contributed by atoms with E-state index < -0.39 is 5.60 Å². The summed E-state index contributed by atoms with van der Waals surface area (Å²) in [6, 6.07) is 1.82. The first-order valence-electron chi connectivity index (χ1n) is 8.11. The van der Waals surface area contributed by atoms with E-state index in [1.165, 1.54) is 0 Å². The number of likely N-dealkylation sites (tertiary alicyclic amines) is 1. The van der Waals surface area contributed by atoms with E-state index in [4.69, 9.17) is 4.74 Å². The second kappa shape index (κ2) is 7.96. The fraction of sp³-hybridized carbons (Fsp3) is 0.588. The van der Waals surface area contributed by atoms with Crippen molar-refractivity contribution >= 4 is 33.6 Å². The van der Waals surface area contributed by atoms with E-state index >= 15 is 0 Å². The van der Waals surface area contributed by atoms with Gasteiger partial charge in [-0.05, 0) is 61.5 Å². The van der Waals surface area contributed by atoms with Gasteiger partial charge in [-0.3, -0.25) is 9.78 Å². The number of rotatable bonds is 3. The minimum absolute atomic E-state index is 0.0226. The molecule has 24 heavy (non-hydrogen) atoms. The third kappa shape index (κ3) is 6.11. The molecule has 7 heteroatoms. The van der Waals surface area contributed by atoms with Crippen LogP contribution in [0.15, 0.2) is 22.9 Å². The molecular weight excluding hydrogens is 374 g/mol. The van der Waals surface area contributed by atoms with Crippen molar-refractivity contribution in [3.63, 3.8) is 0 Å². The summed E-state index contributed by atoms with van der Waals surface area (Å²) in [4.78, 5) is 29.9. The monoisotopic (exact) mass is 397 g/mol. The molecule has 0 spiro atoms. The van der Waals surface area contributed by atoms with Gasteiger partial charge in [0.15, 0.2) is 0 Å². The zero-order valence-electron chi connectivity index (χ0n) is 14.3. The number of aromatic nitrogens is 1.